The molecule has 2 N–H and O–H groups in total. The Bertz CT molecular complexity index is 361. The van der Waals surface area contributed by atoms with Gasteiger partial charge in [0.15, 0.2) is 0 Å². The van der Waals surface area contributed by atoms with E-state index in [9.17, 15) is 4.79 Å². The van der Waals surface area contributed by atoms with E-state index >= 15 is 0 Å². The molecule has 1 aromatic rings. The minimum Gasteiger partial charge on any atom is -0.359 e. The number of nitrogens with one attached hydrogen (secondary N) is 2. The standard InChI is InChI=1S/C10H18N4OS/c1-5-7-13-9(16-14-7)12-6-10(2,3)8(15)11-4/h5-6H2,1-4H3,(H,11,15)(H,12,13,14). The molecular formula is C10H18N4OS. The summed E-state index contributed by atoms with van der Waals surface area (Å²) < 4.78 is 4.17. The Morgan fingerprint density at radius 3 is 2.69 bits per heavy atom. The molecule has 90 valence electrons. The number of hydrogen-bond donors (Lipinski definition) is 2. The molecule has 0 unspecified atom stereocenters. The van der Waals surface area contributed by atoms with Crippen LogP contribution >= 0.6 is 11.5 Å². The maximum Gasteiger partial charge on any atom is 0.227 e. The molecule has 0 aliphatic heterocycles. The second-order valence-electron chi connectivity index (χ2n) is 4.19. The summed E-state index contributed by atoms with van der Waals surface area (Å²) >= 11 is 1.33. The molecule has 1 rings (SSSR count). The molecule has 0 aromatic carbocycles. The van der Waals surface area contributed by atoms with E-state index in [4.69, 9.17) is 0 Å². The van der Waals surface area contributed by atoms with Gasteiger partial charge in [0, 0.05) is 31.5 Å². The largest absolute Gasteiger partial charge is 0.359 e. The van der Waals surface area contributed by atoms with Gasteiger partial charge in [-0.25, -0.2) is 4.98 Å². The summed E-state index contributed by atoms with van der Waals surface area (Å²) in [7, 11) is 1.64. The van der Waals surface area contributed by atoms with Gasteiger partial charge in [0.05, 0.1) is 5.41 Å². The highest BCUT2D eigenvalue weighted by molar-refractivity contribution is 7.09. The molecular weight excluding hydrogens is 224 g/mol. The fourth-order valence-corrected chi connectivity index (χ4v) is 1.83. The van der Waals surface area contributed by atoms with E-state index in [-0.39, 0.29) is 5.91 Å². The number of aryl methyl sites for hydroxylation is 1. The molecule has 5 nitrogen and oxygen atoms in total. The predicted molar refractivity (Wildman–Crippen MR) is 65.6 cm³/mol. The fraction of sp³-hybridized carbons (Fsp3) is 0.700. The third-order valence-electron chi connectivity index (χ3n) is 2.31. The van der Waals surface area contributed by atoms with E-state index in [1.165, 1.54) is 11.5 Å². The summed E-state index contributed by atoms with van der Waals surface area (Å²) in [5.41, 5.74) is -0.452. The highest BCUT2D eigenvalue weighted by Crippen LogP contribution is 2.18. The molecule has 0 aliphatic carbocycles. The van der Waals surface area contributed by atoms with Crippen LogP contribution in [0.1, 0.15) is 26.6 Å². The van der Waals surface area contributed by atoms with Crippen molar-refractivity contribution in [2.45, 2.75) is 27.2 Å². The Balaban J connectivity index is 2.53. The van der Waals surface area contributed by atoms with E-state index in [0.717, 1.165) is 17.4 Å². The molecule has 1 amide bonds. The Morgan fingerprint density at radius 2 is 2.19 bits per heavy atom. The first-order chi connectivity index (χ1) is 7.49. The zero-order chi connectivity index (χ0) is 12.2. The third kappa shape index (κ3) is 3.16. The Morgan fingerprint density at radius 1 is 1.50 bits per heavy atom. The van der Waals surface area contributed by atoms with Gasteiger partial charge in [0.25, 0.3) is 0 Å². The Kier molecular flexibility index (Phi) is 4.23. The number of anilines is 1. The van der Waals surface area contributed by atoms with Crippen LogP contribution in [0.15, 0.2) is 0 Å². The molecule has 0 fully saturated rings. The fourth-order valence-electron chi connectivity index (χ4n) is 1.18. The number of nitrogens with zero attached hydrogens (tertiary/aromatic N) is 2. The number of amides is 1. The van der Waals surface area contributed by atoms with Crippen molar-refractivity contribution < 1.29 is 4.79 Å². The van der Waals surface area contributed by atoms with Crippen LogP contribution in [0.25, 0.3) is 0 Å². The minimum absolute atomic E-state index is 0.0141. The second kappa shape index (κ2) is 5.25. The quantitative estimate of drug-likeness (QED) is 0.816. The van der Waals surface area contributed by atoms with Gasteiger partial charge in [-0.3, -0.25) is 4.79 Å². The molecule has 0 aliphatic rings. The average molecular weight is 242 g/mol. The lowest BCUT2D eigenvalue weighted by Crippen LogP contribution is -2.39. The molecule has 16 heavy (non-hydrogen) atoms. The third-order valence-corrected chi connectivity index (χ3v) is 3.02. The van der Waals surface area contributed by atoms with Gasteiger partial charge < -0.3 is 10.6 Å². The first kappa shape index (κ1) is 12.9. The second-order valence-corrected chi connectivity index (χ2v) is 4.94. The van der Waals surface area contributed by atoms with E-state index in [1.54, 1.807) is 7.05 Å². The van der Waals surface area contributed by atoms with Gasteiger partial charge in [-0.1, -0.05) is 6.92 Å². The first-order valence-electron chi connectivity index (χ1n) is 5.28. The maximum atomic E-state index is 11.5. The Hall–Kier alpha value is -1.17. The van der Waals surface area contributed by atoms with E-state index < -0.39 is 5.41 Å². The zero-order valence-electron chi connectivity index (χ0n) is 10.1. The topological polar surface area (TPSA) is 66.9 Å². The van der Waals surface area contributed by atoms with Crippen LogP contribution in [0.5, 0.6) is 0 Å². The summed E-state index contributed by atoms with van der Waals surface area (Å²) in [4.78, 5) is 15.8. The molecule has 6 heteroatoms. The molecule has 0 spiro atoms. The number of aromatic nitrogens is 2. The molecule has 0 bridgehead atoms. The highest BCUT2D eigenvalue weighted by atomic mass is 32.1. The minimum atomic E-state index is -0.452. The summed E-state index contributed by atoms with van der Waals surface area (Å²) in [5, 5.41) is 6.56. The summed E-state index contributed by atoms with van der Waals surface area (Å²) in [6, 6.07) is 0. The van der Waals surface area contributed by atoms with Crippen molar-refractivity contribution in [3.8, 4) is 0 Å². The van der Waals surface area contributed by atoms with Crippen molar-refractivity contribution >= 4 is 22.6 Å². The number of carbonyl (C=O) groups excluding carboxylic acids is 1. The van der Waals surface area contributed by atoms with Crippen LogP contribution in [-0.2, 0) is 11.2 Å². The van der Waals surface area contributed by atoms with Crippen LogP contribution < -0.4 is 10.6 Å². The summed E-state index contributed by atoms with van der Waals surface area (Å²) in [6.07, 6.45) is 0.830. The predicted octanol–water partition coefficient (Wildman–Crippen LogP) is 1.28. The van der Waals surface area contributed by atoms with Crippen molar-refractivity contribution in [2.24, 2.45) is 5.41 Å². The molecule has 1 heterocycles. The number of rotatable bonds is 5. The van der Waals surface area contributed by atoms with Gasteiger partial charge >= 0.3 is 0 Å². The lowest BCUT2D eigenvalue weighted by atomic mass is 9.92. The van der Waals surface area contributed by atoms with Gasteiger partial charge in [-0.05, 0) is 13.8 Å². The normalized spacial score (nSPS) is 11.2. The van der Waals surface area contributed by atoms with Crippen LogP contribution in [0, 0.1) is 5.41 Å². The number of carbonyl (C=O) groups is 1. The lowest BCUT2D eigenvalue weighted by Gasteiger charge is -2.22. The molecule has 0 saturated carbocycles. The Labute approximate surface area is 99.8 Å². The van der Waals surface area contributed by atoms with Crippen LogP contribution in [0.2, 0.25) is 0 Å². The van der Waals surface area contributed by atoms with Crippen LogP contribution in [0.3, 0.4) is 0 Å². The monoisotopic (exact) mass is 242 g/mol. The van der Waals surface area contributed by atoms with Gasteiger partial charge in [-0.2, -0.15) is 4.37 Å². The van der Waals surface area contributed by atoms with Crippen LogP contribution in [-0.4, -0.2) is 28.9 Å². The van der Waals surface area contributed by atoms with Crippen molar-refractivity contribution in [2.75, 3.05) is 18.9 Å². The molecule has 0 saturated heterocycles. The van der Waals surface area contributed by atoms with E-state index in [2.05, 4.69) is 20.0 Å². The summed E-state index contributed by atoms with van der Waals surface area (Å²) in [5.74, 6) is 0.852. The summed E-state index contributed by atoms with van der Waals surface area (Å²) in [6.45, 7) is 6.34. The van der Waals surface area contributed by atoms with Crippen LogP contribution in [0.4, 0.5) is 5.13 Å². The van der Waals surface area contributed by atoms with E-state index in [0.29, 0.717) is 6.54 Å². The van der Waals surface area contributed by atoms with Gasteiger partial charge in [-0.15, -0.1) is 0 Å². The first-order valence-corrected chi connectivity index (χ1v) is 6.05. The molecule has 0 atom stereocenters. The maximum absolute atomic E-state index is 11.5. The number of hydrogen-bond acceptors (Lipinski definition) is 5. The zero-order valence-corrected chi connectivity index (χ0v) is 10.9. The molecule has 0 radical (unpaired) electrons. The van der Waals surface area contributed by atoms with Crippen molar-refractivity contribution in [1.29, 1.82) is 0 Å². The molecule has 1 aromatic heterocycles. The van der Waals surface area contributed by atoms with E-state index in [1.807, 2.05) is 20.8 Å². The van der Waals surface area contributed by atoms with Gasteiger partial charge in [0.1, 0.15) is 5.82 Å². The SMILES string of the molecule is CCc1nsc(NCC(C)(C)C(=O)NC)n1. The van der Waals surface area contributed by atoms with Crippen molar-refractivity contribution in [3.63, 3.8) is 0 Å². The van der Waals surface area contributed by atoms with Crippen molar-refractivity contribution in [1.82, 2.24) is 14.7 Å². The van der Waals surface area contributed by atoms with Gasteiger partial charge in [0.2, 0.25) is 11.0 Å². The highest BCUT2D eigenvalue weighted by Gasteiger charge is 2.26. The smallest absolute Gasteiger partial charge is 0.227 e. The average Bonchev–Trinajstić information content (AvgIpc) is 2.73. The lowest BCUT2D eigenvalue weighted by molar-refractivity contribution is -0.128. The van der Waals surface area contributed by atoms with Crippen molar-refractivity contribution in [3.05, 3.63) is 5.82 Å².